The molecule has 0 saturated carbocycles. The number of amides is 2. The number of hydrogen-bond donors (Lipinski definition) is 7. The second-order valence-electron chi connectivity index (χ2n) is 5.79. The molecule has 2 amide bonds. The van der Waals surface area contributed by atoms with Crippen LogP contribution in [0.4, 0.5) is 0 Å². The van der Waals surface area contributed by atoms with Crippen LogP contribution in [0.15, 0.2) is 24.3 Å². The molecule has 0 aliphatic heterocycles. The number of benzene rings is 1. The summed E-state index contributed by atoms with van der Waals surface area (Å²) >= 11 is 3.83. The van der Waals surface area contributed by atoms with Crippen LogP contribution in [-0.4, -0.2) is 63.1 Å². The number of carbonyl (C=O) groups excluding carboxylic acids is 2. The van der Waals surface area contributed by atoms with Gasteiger partial charge in [0.05, 0.1) is 12.1 Å². The second kappa shape index (κ2) is 10.00. The average Bonchev–Trinajstić information content (AvgIpc) is 2.58. The summed E-state index contributed by atoms with van der Waals surface area (Å²) in [4.78, 5) is 35.3. The van der Waals surface area contributed by atoms with Crippen molar-refractivity contribution in [3.8, 4) is 5.75 Å². The van der Waals surface area contributed by atoms with Crippen molar-refractivity contribution < 1.29 is 29.7 Å². The SMILES string of the molecule is C[C@@H](O)[C@H](NC(=O)[C@@H](N)Cc1ccc(O)cc1)C(=O)N[C@@H](CS)C(=O)O. The number of hydrogen-bond acceptors (Lipinski definition) is 7. The van der Waals surface area contributed by atoms with Crippen LogP contribution in [0.3, 0.4) is 0 Å². The maximum atomic E-state index is 12.2. The van der Waals surface area contributed by atoms with Crippen molar-refractivity contribution in [3.05, 3.63) is 29.8 Å². The molecule has 0 aliphatic rings. The highest BCUT2D eigenvalue weighted by Gasteiger charge is 2.30. The summed E-state index contributed by atoms with van der Waals surface area (Å²) in [5.41, 5.74) is 6.52. The maximum Gasteiger partial charge on any atom is 0.327 e. The molecule has 0 aliphatic carbocycles. The van der Waals surface area contributed by atoms with E-state index in [0.717, 1.165) is 0 Å². The van der Waals surface area contributed by atoms with Gasteiger partial charge in [0.2, 0.25) is 11.8 Å². The predicted molar refractivity (Wildman–Crippen MR) is 96.8 cm³/mol. The number of aliphatic hydroxyl groups excluding tert-OH is 1. The van der Waals surface area contributed by atoms with E-state index in [0.29, 0.717) is 5.56 Å². The summed E-state index contributed by atoms with van der Waals surface area (Å²) in [6, 6.07) is 2.49. The van der Waals surface area contributed by atoms with Crippen LogP contribution in [-0.2, 0) is 20.8 Å². The van der Waals surface area contributed by atoms with Gasteiger partial charge in [0.1, 0.15) is 17.8 Å². The highest BCUT2D eigenvalue weighted by molar-refractivity contribution is 7.80. The number of phenols is 1. The van der Waals surface area contributed by atoms with Gasteiger partial charge in [-0.2, -0.15) is 12.6 Å². The first kappa shape index (κ1) is 21.7. The number of carboxylic acids is 1. The lowest BCUT2D eigenvalue weighted by Crippen LogP contribution is -2.58. The van der Waals surface area contributed by atoms with Crippen molar-refractivity contribution in [1.82, 2.24) is 10.6 Å². The first-order valence-electron chi connectivity index (χ1n) is 7.81. The van der Waals surface area contributed by atoms with Crippen LogP contribution in [0, 0.1) is 0 Å². The van der Waals surface area contributed by atoms with E-state index >= 15 is 0 Å². The van der Waals surface area contributed by atoms with Gasteiger partial charge in [0, 0.05) is 5.75 Å². The van der Waals surface area contributed by atoms with E-state index in [1.54, 1.807) is 12.1 Å². The number of rotatable bonds is 9. The van der Waals surface area contributed by atoms with Crippen LogP contribution < -0.4 is 16.4 Å². The van der Waals surface area contributed by atoms with E-state index in [1.165, 1.54) is 19.1 Å². The Morgan fingerprint density at radius 3 is 2.19 bits per heavy atom. The van der Waals surface area contributed by atoms with Gasteiger partial charge in [-0.15, -0.1) is 0 Å². The lowest BCUT2D eigenvalue weighted by Gasteiger charge is -2.24. The lowest BCUT2D eigenvalue weighted by molar-refractivity contribution is -0.142. The number of thiol groups is 1. The van der Waals surface area contributed by atoms with E-state index in [2.05, 4.69) is 23.3 Å². The molecule has 0 radical (unpaired) electrons. The summed E-state index contributed by atoms with van der Waals surface area (Å²) in [6.07, 6.45) is -1.12. The molecule has 0 aromatic heterocycles. The Kier molecular flexibility index (Phi) is 8.36. The van der Waals surface area contributed by atoms with Gasteiger partial charge in [-0.25, -0.2) is 4.79 Å². The van der Waals surface area contributed by atoms with Gasteiger partial charge < -0.3 is 31.7 Å². The van der Waals surface area contributed by atoms with Crippen molar-refractivity contribution in [2.75, 3.05) is 5.75 Å². The molecule has 0 saturated heterocycles. The molecule has 0 unspecified atom stereocenters. The number of carbonyl (C=O) groups is 3. The Balaban J connectivity index is 2.72. The van der Waals surface area contributed by atoms with Crippen LogP contribution in [0.25, 0.3) is 0 Å². The minimum Gasteiger partial charge on any atom is -0.508 e. The van der Waals surface area contributed by atoms with Gasteiger partial charge in [-0.1, -0.05) is 12.1 Å². The Bertz CT molecular complexity index is 637. The fraction of sp³-hybridized carbons (Fsp3) is 0.438. The number of aromatic hydroxyl groups is 1. The summed E-state index contributed by atoms with van der Waals surface area (Å²) in [7, 11) is 0. The molecule has 0 fully saturated rings. The van der Waals surface area contributed by atoms with E-state index in [1.807, 2.05) is 0 Å². The normalized spacial score (nSPS) is 15.4. The Morgan fingerprint density at radius 2 is 1.73 bits per heavy atom. The fourth-order valence-electron chi connectivity index (χ4n) is 2.09. The van der Waals surface area contributed by atoms with E-state index in [9.17, 15) is 24.6 Å². The van der Waals surface area contributed by atoms with E-state index in [-0.39, 0.29) is 17.9 Å². The number of phenolic OH excluding ortho intramolecular Hbond substituents is 1. The summed E-state index contributed by atoms with van der Waals surface area (Å²) in [5, 5.41) is 32.4. The third-order valence-electron chi connectivity index (χ3n) is 3.59. The van der Waals surface area contributed by atoms with E-state index < -0.39 is 42.0 Å². The number of nitrogens with one attached hydrogen (secondary N) is 2. The first-order chi connectivity index (χ1) is 12.1. The molecule has 1 rings (SSSR count). The van der Waals surface area contributed by atoms with Crippen LogP contribution in [0.5, 0.6) is 5.75 Å². The molecule has 0 bridgehead atoms. The molecule has 9 nitrogen and oxygen atoms in total. The zero-order valence-corrected chi connectivity index (χ0v) is 15.0. The van der Waals surface area contributed by atoms with Gasteiger partial charge in [0.25, 0.3) is 0 Å². The standard InChI is InChI=1S/C16H23N3O6S/c1-8(20)13(15(23)18-12(7-26)16(24)25)19-14(22)11(17)6-9-2-4-10(21)5-3-9/h2-5,8,11-13,20-21,26H,6-7,17H2,1H3,(H,18,23)(H,19,22)(H,24,25)/t8-,11+,12+,13+/m1/s1. The van der Waals surface area contributed by atoms with Crippen molar-refractivity contribution in [3.63, 3.8) is 0 Å². The number of nitrogens with two attached hydrogens (primary N) is 1. The largest absolute Gasteiger partial charge is 0.508 e. The van der Waals surface area contributed by atoms with Crippen molar-refractivity contribution in [2.45, 2.75) is 37.6 Å². The van der Waals surface area contributed by atoms with Crippen LogP contribution in [0.2, 0.25) is 0 Å². The molecule has 1 aromatic carbocycles. The van der Waals surface area contributed by atoms with Crippen molar-refractivity contribution in [1.29, 1.82) is 0 Å². The second-order valence-corrected chi connectivity index (χ2v) is 6.15. The molecule has 0 heterocycles. The molecule has 144 valence electrons. The molecular formula is C16H23N3O6S. The molecule has 26 heavy (non-hydrogen) atoms. The van der Waals surface area contributed by atoms with Gasteiger partial charge in [-0.05, 0) is 31.0 Å². The number of aliphatic carboxylic acids is 1. The Hall–Kier alpha value is -2.30. The monoisotopic (exact) mass is 385 g/mol. The predicted octanol–water partition coefficient (Wildman–Crippen LogP) is -1.37. The summed E-state index contributed by atoms with van der Waals surface area (Å²) in [6.45, 7) is 1.28. The average molecular weight is 385 g/mol. The molecular weight excluding hydrogens is 362 g/mol. The smallest absolute Gasteiger partial charge is 0.327 e. The first-order valence-corrected chi connectivity index (χ1v) is 8.45. The Morgan fingerprint density at radius 1 is 1.15 bits per heavy atom. The fourth-order valence-corrected chi connectivity index (χ4v) is 2.34. The molecule has 1 aromatic rings. The highest BCUT2D eigenvalue weighted by atomic mass is 32.1. The Labute approximate surface area is 156 Å². The quantitative estimate of drug-likeness (QED) is 0.258. The third kappa shape index (κ3) is 6.54. The zero-order valence-electron chi connectivity index (χ0n) is 14.1. The van der Waals surface area contributed by atoms with Crippen LogP contribution >= 0.6 is 12.6 Å². The number of carboxylic acid groups (broad SMARTS) is 1. The summed E-state index contributed by atoms with van der Waals surface area (Å²) in [5.74, 6) is -2.90. The molecule has 0 spiro atoms. The highest BCUT2D eigenvalue weighted by Crippen LogP contribution is 2.11. The third-order valence-corrected chi connectivity index (χ3v) is 3.95. The minimum absolute atomic E-state index is 0.0785. The number of aliphatic hydroxyl groups is 1. The van der Waals surface area contributed by atoms with Crippen LogP contribution in [0.1, 0.15) is 12.5 Å². The zero-order chi connectivity index (χ0) is 19.9. The van der Waals surface area contributed by atoms with E-state index in [4.69, 9.17) is 10.8 Å². The topological polar surface area (TPSA) is 162 Å². The van der Waals surface area contributed by atoms with Crippen molar-refractivity contribution >= 4 is 30.4 Å². The summed E-state index contributed by atoms with van der Waals surface area (Å²) < 4.78 is 0. The van der Waals surface area contributed by atoms with Crippen molar-refractivity contribution in [2.24, 2.45) is 5.73 Å². The maximum absolute atomic E-state index is 12.2. The molecule has 7 N–H and O–H groups in total. The lowest BCUT2D eigenvalue weighted by atomic mass is 10.0. The minimum atomic E-state index is -1.37. The van der Waals surface area contributed by atoms with Gasteiger partial charge >= 0.3 is 5.97 Å². The molecule has 4 atom stereocenters. The molecule has 10 heteroatoms. The van der Waals surface area contributed by atoms with Gasteiger partial charge in [-0.3, -0.25) is 9.59 Å². The van der Waals surface area contributed by atoms with Gasteiger partial charge in [0.15, 0.2) is 0 Å².